The number of aryl methyl sites for hydroxylation is 1. The van der Waals surface area contributed by atoms with Crippen LogP contribution in [0.15, 0.2) is 54.6 Å². The number of hydroxylamine groups is 2. The van der Waals surface area contributed by atoms with Crippen LogP contribution in [0.2, 0.25) is 0 Å². The molecule has 0 radical (unpaired) electrons. The number of nitrogens with zero attached hydrogens (tertiary/aromatic N) is 1. The average molecular weight is 284 g/mol. The van der Waals surface area contributed by atoms with Crippen LogP contribution in [0.5, 0.6) is 0 Å². The molecule has 0 spiro atoms. The summed E-state index contributed by atoms with van der Waals surface area (Å²) in [5.74, 6) is 0. The van der Waals surface area contributed by atoms with Crippen LogP contribution in [0.4, 0.5) is 0 Å². The fourth-order valence-electron chi connectivity index (χ4n) is 2.16. The molecule has 112 valence electrons. The summed E-state index contributed by atoms with van der Waals surface area (Å²) >= 11 is 0. The van der Waals surface area contributed by atoms with Gasteiger partial charge in [0.15, 0.2) is 0 Å². The highest BCUT2D eigenvalue weighted by molar-refractivity contribution is 5.21. The lowest BCUT2D eigenvalue weighted by atomic mass is 10.1. The van der Waals surface area contributed by atoms with Crippen molar-refractivity contribution in [2.45, 2.75) is 33.0 Å². The molecule has 0 aromatic heterocycles. The van der Waals surface area contributed by atoms with Gasteiger partial charge in [0.1, 0.15) is 0 Å². The van der Waals surface area contributed by atoms with E-state index in [0.29, 0.717) is 6.54 Å². The third-order valence-corrected chi connectivity index (χ3v) is 3.59. The molecule has 0 aliphatic rings. The summed E-state index contributed by atoms with van der Waals surface area (Å²) in [6.45, 7) is 6.21. The Morgan fingerprint density at radius 3 is 2.33 bits per heavy atom. The van der Waals surface area contributed by atoms with E-state index in [0.717, 1.165) is 18.7 Å². The standard InChI is InChI=1S/C18H24N2O/c1-15-8-10-18(11-9-15)14-20(21)16(2)12-19-13-17-6-4-3-5-7-17/h3-11,16,19,21H,12-14H2,1-2H3. The van der Waals surface area contributed by atoms with Gasteiger partial charge in [0.05, 0.1) is 0 Å². The molecule has 0 fully saturated rings. The summed E-state index contributed by atoms with van der Waals surface area (Å²) in [5, 5.41) is 14.9. The van der Waals surface area contributed by atoms with E-state index >= 15 is 0 Å². The van der Waals surface area contributed by atoms with Crippen LogP contribution in [0.1, 0.15) is 23.6 Å². The van der Waals surface area contributed by atoms with E-state index in [1.165, 1.54) is 16.2 Å². The largest absolute Gasteiger partial charge is 0.313 e. The van der Waals surface area contributed by atoms with Gasteiger partial charge in [0.2, 0.25) is 0 Å². The summed E-state index contributed by atoms with van der Waals surface area (Å²) in [5.41, 5.74) is 3.62. The zero-order chi connectivity index (χ0) is 15.1. The van der Waals surface area contributed by atoms with Gasteiger partial charge in [0.25, 0.3) is 0 Å². The summed E-state index contributed by atoms with van der Waals surface area (Å²) in [4.78, 5) is 0. The molecule has 0 amide bonds. The minimum absolute atomic E-state index is 0.0648. The molecule has 2 aromatic carbocycles. The molecule has 2 aromatic rings. The smallest absolute Gasteiger partial charge is 0.0492 e. The van der Waals surface area contributed by atoms with Crippen molar-refractivity contribution < 1.29 is 5.21 Å². The van der Waals surface area contributed by atoms with Crippen LogP contribution in [0.25, 0.3) is 0 Å². The van der Waals surface area contributed by atoms with Gasteiger partial charge in [0, 0.05) is 25.7 Å². The highest BCUT2D eigenvalue weighted by Crippen LogP contribution is 2.08. The van der Waals surface area contributed by atoms with E-state index in [-0.39, 0.29) is 6.04 Å². The quantitative estimate of drug-likeness (QED) is 0.765. The van der Waals surface area contributed by atoms with E-state index in [1.807, 2.05) is 25.1 Å². The van der Waals surface area contributed by atoms with Gasteiger partial charge in [-0.2, -0.15) is 5.06 Å². The van der Waals surface area contributed by atoms with Crippen LogP contribution in [-0.4, -0.2) is 22.9 Å². The summed E-state index contributed by atoms with van der Waals surface area (Å²) in [6, 6.07) is 18.6. The van der Waals surface area contributed by atoms with Gasteiger partial charge in [-0.3, -0.25) is 0 Å². The molecule has 0 heterocycles. The third-order valence-electron chi connectivity index (χ3n) is 3.59. The van der Waals surface area contributed by atoms with Crippen LogP contribution in [0, 0.1) is 6.92 Å². The Labute approximate surface area is 127 Å². The lowest BCUT2D eigenvalue weighted by Gasteiger charge is -2.23. The van der Waals surface area contributed by atoms with Crippen molar-refractivity contribution in [2.24, 2.45) is 0 Å². The van der Waals surface area contributed by atoms with Crippen molar-refractivity contribution in [3.63, 3.8) is 0 Å². The van der Waals surface area contributed by atoms with Crippen LogP contribution in [-0.2, 0) is 13.1 Å². The Morgan fingerprint density at radius 2 is 1.67 bits per heavy atom. The Morgan fingerprint density at radius 1 is 1.00 bits per heavy atom. The maximum absolute atomic E-state index is 10.1. The maximum atomic E-state index is 10.1. The first kappa shape index (κ1) is 15.7. The zero-order valence-electron chi connectivity index (χ0n) is 12.8. The van der Waals surface area contributed by atoms with Crippen LogP contribution >= 0.6 is 0 Å². The van der Waals surface area contributed by atoms with Crippen molar-refractivity contribution in [2.75, 3.05) is 6.54 Å². The van der Waals surface area contributed by atoms with E-state index in [9.17, 15) is 5.21 Å². The number of hydrogen-bond acceptors (Lipinski definition) is 3. The van der Waals surface area contributed by atoms with E-state index in [1.54, 1.807) is 0 Å². The third kappa shape index (κ3) is 5.31. The zero-order valence-corrected chi connectivity index (χ0v) is 12.8. The van der Waals surface area contributed by atoms with Gasteiger partial charge in [-0.15, -0.1) is 0 Å². The summed E-state index contributed by atoms with van der Waals surface area (Å²) in [7, 11) is 0. The molecule has 3 nitrogen and oxygen atoms in total. The first-order valence-electron chi connectivity index (χ1n) is 7.41. The topological polar surface area (TPSA) is 35.5 Å². The molecule has 0 bridgehead atoms. The molecule has 2 N–H and O–H groups in total. The SMILES string of the molecule is Cc1ccc(CN(O)C(C)CNCc2ccccc2)cc1. The number of rotatable bonds is 7. The first-order chi connectivity index (χ1) is 10.1. The second-order valence-electron chi connectivity index (χ2n) is 5.55. The molecule has 1 atom stereocenters. The highest BCUT2D eigenvalue weighted by Gasteiger charge is 2.11. The molecule has 0 aliphatic carbocycles. The van der Waals surface area contributed by atoms with Gasteiger partial charge < -0.3 is 10.5 Å². The minimum atomic E-state index is 0.0648. The van der Waals surface area contributed by atoms with Crippen molar-refractivity contribution in [1.29, 1.82) is 0 Å². The Hall–Kier alpha value is -1.68. The van der Waals surface area contributed by atoms with E-state index in [4.69, 9.17) is 0 Å². The van der Waals surface area contributed by atoms with Gasteiger partial charge in [-0.05, 0) is 25.0 Å². The Balaban J connectivity index is 1.74. The molecule has 1 unspecified atom stereocenters. The van der Waals surface area contributed by atoms with Gasteiger partial charge in [-0.1, -0.05) is 60.2 Å². The predicted octanol–water partition coefficient (Wildman–Crippen LogP) is 3.36. The van der Waals surface area contributed by atoms with Crippen LogP contribution in [0.3, 0.4) is 0 Å². The summed E-state index contributed by atoms with van der Waals surface area (Å²) in [6.07, 6.45) is 0. The molecule has 2 rings (SSSR count). The number of nitrogens with one attached hydrogen (secondary N) is 1. The minimum Gasteiger partial charge on any atom is -0.313 e. The van der Waals surface area contributed by atoms with Crippen molar-refractivity contribution >= 4 is 0 Å². The molecule has 0 saturated carbocycles. The molecule has 3 heteroatoms. The second kappa shape index (κ2) is 7.93. The van der Waals surface area contributed by atoms with Crippen molar-refractivity contribution in [3.8, 4) is 0 Å². The monoisotopic (exact) mass is 284 g/mol. The Bertz CT molecular complexity index is 525. The summed E-state index contributed by atoms with van der Waals surface area (Å²) < 4.78 is 0. The Kier molecular flexibility index (Phi) is 5.93. The lowest BCUT2D eigenvalue weighted by Crippen LogP contribution is -2.37. The van der Waals surface area contributed by atoms with Crippen molar-refractivity contribution in [3.05, 3.63) is 71.3 Å². The van der Waals surface area contributed by atoms with Gasteiger partial charge in [-0.25, -0.2) is 0 Å². The maximum Gasteiger partial charge on any atom is 0.0492 e. The highest BCUT2D eigenvalue weighted by atomic mass is 16.5. The molecule has 0 aliphatic heterocycles. The second-order valence-corrected chi connectivity index (χ2v) is 5.55. The van der Waals surface area contributed by atoms with Crippen LogP contribution < -0.4 is 5.32 Å². The lowest BCUT2D eigenvalue weighted by molar-refractivity contribution is -0.129. The molecule has 0 saturated heterocycles. The average Bonchev–Trinajstić information content (AvgIpc) is 2.50. The van der Waals surface area contributed by atoms with E-state index in [2.05, 4.69) is 48.6 Å². The molecular weight excluding hydrogens is 260 g/mol. The predicted molar refractivity (Wildman–Crippen MR) is 86.1 cm³/mol. The molecule has 21 heavy (non-hydrogen) atoms. The van der Waals surface area contributed by atoms with Gasteiger partial charge >= 0.3 is 0 Å². The normalized spacial score (nSPS) is 12.6. The first-order valence-corrected chi connectivity index (χ1v) is 7.41. The fraction of sp³-hybridized carbons (Fsp3) is 0.333. The number of benzene rings is 2. The molecular formula is C18H24N2O. The van der Waals surface area contributed by atoms with Crippen molar-refractivity contribution in [1.82, 2.24) is 10.4 Å². The fourth-order valence-corrected chi connectivity index (χ4v) is 2.16. The van der Waals surface area contributed by atoms with E-state index < -0.39 is 0 Å². The number of hydrogen-bond donors (Lipinski definition) is 2.